The number of fused-ring (bicyclic) bond motifs is 2. The molecule has 0 spiro atoms. The van der Waals surface area contributed by atoms with E-state index in [1.54, 1.807) is 88.6 Å². The highest BCUT2D eigenvalue weighted by molar-refractivity contribution is 5.99. The number of nitrogens with two attached hydrogens (primary N) is 2. The van der Waals surface area contributed by atoms with Crippen LogP contribution in [0.3, 0.4) is 0 Å². The Morgan fingerprint density at radius 2 is 0.897 bits per heavy atom. The van der Waals surface area contributed by atoms with Crippen LogP contribution < -0.4 is 48.7 Å². The smallest absolute Gasteiger partial charge is 0.328 e. The number of aromatic nitrogens is 2. The van der Waals surface area contributed by atoms with E-state index in [0.29, 0.717) is 32.9 Å². The van der Waals surface area contributed by atoms with Crippen molar-refractivity contribution in [3.63, 3.8) is 0 Å². The fourth-order valence-corrected chi connectivity index (χ4v) is 8.54. The number of aliphatic carboxylic acids is 3. The molecule has 0 radical (unpaired) electrons. The van der Waals surface area contributed by atoms with Crippen molar-refractivity contribution in [2.45, 2.75) is 147 Å². The Morgan fingerprint density at radius 1 is 0.500 bits per heavy atom. The first-order valence-electron chi connectivity index (χ1n) is 25.3. The first-order valence-corrected chi connectivity index (χ1v) is 25.3. The zero-order valence-corrected chi connectivity index (χ0v) is 43.9. The average Bonchev–Trinajstić information content (AvgIpc) is 3.97. The minimum Gasteiger partial charge on any atom is -0.481 e. The third-order valence-electron chi connectivity index (χ3n) is 12.5. The van der Waals surface area contributed by atoms with Gasteiger partial charge >= 0.3 is 17.9 Å². The molecule has 0 saturated heterocycles. The minimum absolute atomic E-state index is 0.0406. The van der Waals surface area contributed by atoms with Gasteiger partial charge in [-0.05, 0) is 67.7 Å². The van der Waals surface area contributed by atoms with Crippen LogP contribution in [0.2, 0.25) is 0 Å². The second-order valence-electron chi connectivity index (χ2n) is 20.0. The van der Waals surface area contributed by atoms with Crippen molar-refractivity contribution >= 4 is 87.0 Å². The molecule has 2 heterocycles. The molecule has 26 nitrogen and oxygen atoms in total. The number of aliphatic hydroxyl groups is 1. The van der Waals surface area contributed by atoms with Crippen LogP contribution in [0.1, 0.15) is 90.7 Å². The highest BCUT2D eigenvalue weighted by Crippen LogP contribution is 2.22. The summed E-state index contributed by atoms with van der Waals surface area (Å²) in [6.45, 7) is 8.14. The fourth-order valence-electron chi connectivity index (χ4n) is 8.54. The highest BCUT2D eigenvalue weighted by atomic mass is 16.4. The van der Waals surface area contributed by atoms with Crippen molar-refractivity contribution in [1.29, 1.82) is 0 Å². The molecule has 78 heavy (non-hydrogen) atoms. The number of aromatic amines is 2. The number of rotatable bonds is 32. The lowest BCUT2D eigenvalue weighted by atomic mass is 9.99. The van der Waals surface area contributed by atoms with Gasteiger partial charge in [-0.15, -0.1) is 0 Å². The van der Waals surface area contributed by atoms with E-state index in [1.807, 2.05) is 0 Å². The molecule has 0 aliphatic carbocycles. The monoisotopic (exact) mass is 1090 g/mol. The lowest BCUT2D eigenvalue weighted by Gasteiger charge is -2.28. The quantitative estimate of drug-likeness (QED) is 0.0288. The van der Waals surface area contributed by atoms with Crippen LogP contribution in [0.15, 0.2) is 60.9 Å². The molecule has 0 aliphatic rings. The van der Waals surface area contributed by atoms with Gasteiger partial charge in [-0.25, -0.2) is 4.79 Å². The fraction of sp³-hybridized carbons (Fsp3) is 0.481. The number of benzene rings is 2. The van der Waals surface area contributed by atoms with Gasteiger partial charge in [0.25, 0.3) is 0 Å². The van der Waals surface area contributed by atoms with Crippen molar-refractivity contribution in [2.24, 2.45) is 23.3 Å². The van der Waals surface area contributed by atoms with Crippen LogP contribution in [-0.4, -0.2) is 150 Å². The number of carboxylic acid groups (broad SMARTS) is 3. The van der Waals surface area contributed by atoms with Gasteiger partial charge in [0.1, 0.15) is 36.3 Å². The van der Waals surface area contributed by atoms with E-state index in [4.69, 9.17) is 11.5 Å². The average molecular weight is 1090 g/mol. The number of amides is 8. The molecule has 0 aliphatic heterocycles. The maximum atomic E-state index is 14.6. The molecule has 26 heteroatoms. The van der Waals surface area contributed by atoms with E-state index in [2.05, 4.69) is 47.2 Å². The van der Waals surface area contributed by atoms with Crippen molar-refractivity contribution in [3.05, 3.63) is 72.1 Å². The predicted molar refractivity (Wildman–Crippen MR) is 281 cm³/mol. The Kier molecular flexibility index (Phi) is 23.3. The first kappa shape index (κ1) is 62.2. The lowest BCUT2D eigenvalue weighted by molar-refractivity contribution is -0.145. The van der Waals surface area contributed by atoms with Gasteiger partial charge in [-0.2, -0.15) is 0 Å². The minimum atomic E-state index is -1.81. The number of H-pyrrole nitrogens is 2. The van der Waals surface area contributed by atoms with Crippen molar-refractivity contribution < 1.29 is 73.2 Å². The zero-order valence-electron chi connectivity index (χ0n) is 43.9. The van der Waals surface area contributed by atoms with Gasteiger partial charge in [0.15, 0.2) is 6.04 Å². The number of hydrogen-bond donors (Lipinski definition) is 15. The predicted octanol–water partition coefficient (Wildman–Crippen LogP) is -0.682. The molecule has 9 unspecified atom stereocenters. The van der Waals surface area contributed by atoms with Crippen LogP contribution in [0.25, 0.3) is 21.8 Å². The van der Waals surface area contributed by atoms with Gasteiger partial charge in [0.05, 0.1) is 18.6 Å². The second kappa shape index (κ2) is 29.2. The number of carbonyl (C=O) groups excluding carboxylic acids is 8. The van der Waals surface area contributed by atoms with Gasteiger partial charge in [-0.3, -0.25) is 47.9 Å². The zero-order chi connectivity index (χ0) is 58.0. The Labute approximate surface area is 448 Å². The summed E-state index contributed by atoms with van der Waals surface area (Å²) in [7, 11) is 0. The summed E-state index contributed by atoms with van der Waals surface area (Å²) in [4.78, 5) is 152. The van der Waals surface area contributed by atoms with Crippen LogP contribution in [0.5, 0.6) is 0 Å². The van der Waals surface area contributed by atoms with Crippen LogP contribution in [-0.2, 0) is 65.6 Å². The molecule has 9 atom stereocenters. The maximum Gasteiger partial charge on any atom is 0.328 e. The summed E-state index contributed by atoms with van der Waals surface area (Å²) in [6.07, 6.45) is -1.93. The SMILES string of the molecule is CC(C)CC(N)C(=O)NC(CC(=O)O)C(=O)NC(Cc1c[nH]c2ccccc12)C(=O)NC(CCC(=O)O)C(=O)NC(Cc1c[nH]c2ccccc12)C(=O)NC(CC(C)C)C(=O)NC(CCC(N)=O)C(=O)NC(C(=O)O)C(C)O. The molecule has 424 valence electrons. The van der Waals surface area contributed by atoms with E-state index in [1.165, 1.54) is 0 Å². The van der Waals surface area contributed by atoms with Crippen LogP contribution in [0, 0.1) is 11.8 Å². The van der Waals surface area contributed by atoms with E-state index >= 15 is 0 Å². The number of carbonyl (C=O) groups is 11. The molecule has 0 fully saturated rings. The summed E-state index contributed by atoms with van der Waals surface area (Å²) in [5.74, 6) is -12.8. The molecular weight excluding hydrogens is 1020 g/mol. The molecule has 0 bridgehead atoms. The molecular formula is C52H71N11O15. The third kappa shape index (κ3) is 19.0. The molecule has 8 amide bonds. The second-order valence-corrected chi connectivity index (χ2v) is 20.0. The summed E-state index contributed by atoms with van der Waals surface area (Å²) in [5.41, 5.74) is 13.6. The van der Waals surface area contributed by atoms with Crippen molar-refractivity contribution in [2.75, 3.05) is 0 Å². The Bertz CT molecular complexity index is 2810. The Balaban J connectivity index is 1.72. The van der Waals surface area contributed by atoms with E-state index in [9.17, 15) is 73.2 Å². The number of nitrogens with one attached hydrogen (secondary N) is 9. The number of hydrogen-bond acceptors (Lipinski definition) is 13. The third-order valence-corrected chi connectivity index (χ3v) is 12.5. The Morgan fingerprint density at radius 3 is 1.33 bits per heavy atom. The maximum absolute atomic E-state index is 14.6. The molecule has 2 aromatic heterocycles. The van der Waals surface area contributed by atoms with Gasteiger partial charge < -0.3 is 79.1 Å². The summed E-state index contributed by atoms with van der Waals surface area (Å²) < 4.78 is 0. The number of aliphatic hydroxyl groups excluding tert-OH is 1. The molecule has 0 saturated carbocycles. The molecule has 17 N–H and O–H groups in total. The summed E-state index contributed by atoms with van der Waals surface area (Å²) >= 11 is 0. The van der Waals surface area contributed by atoms with E-state index < -0.39 is 152 Å². The van der Waals surface area contributed by atoms with Gasteiger partial charge in [0.2, 0.25) is 47.3 Å². The lowest BCUT2D eigenvalue weighted by Crippen LogP contribution is -2.61. The highest BCUT2D eigenvalue weighted by Gasteiger charge is 2.36. The number of primary amides is 1. The van der Waals surface area contributed by atoms with Gasteiger partial charge in [-0.1, -0.05) is 64.1 Å². The van der Waals surface area contributed by atoms with Crippen LogP contribution >= 0.6 is 0 Å². The summed E-state index contributed by atoms with van der Waals surface area (Å²) in [5, 5.41) is 57.5. The largest absolute Gasteiger partial charge is 0.481 e. The first-order chi connectivity index (χ1) is 36.7. The number of para-hydroxylation sites is 2. The molecule has 2 aromatic carbocycles. The normalized spacial score (nSPS) is 14.8. The Hall–Kier alpha value is -8.39. The summed E-state index contributed by atoms with van der Waals surface area (Å²) in [6, 6.07) is 1.24. The topological polar surface area (TPSA) is 437 Å². The van der Waals surface area contributed by atoms with Gasteiger partial charge in [0, 0.05) is 59.9 Å². The molecule has 4 aromatic rings. The van der Waals surface area contributed by atoms with Crippen molar-refractivity contribution in [1.82, 2.24) is 47.2 Å². The van der Waals surface area contributed by atoms with E-state index in [-0.39, 0.29) is 37.5 Å². The standard InChI is InChI=1S/C52H71N11O15/c1-25(2)18-32(53)45(70)59-40(22-43(68)69)51(76)62-38(20-28-23-55-33-12-8-6-10-30(28)33)49(74)58-36(15-17-42(66)67)46(71)61-39(21-29-24-56-34-13-9-7-11-31(29)34)50(75)60-37(19-26(3)4)48(73)57-35(14-16-41(54)65)47(72)63-44(27(5)64)52(77)78/h6-13,23-27,32,35-40,44,55-56,64H,14-22,53H2,1-5H3,(H2,54,65)(H,57,73)(H,58,74)(H,59,70)(H,60,75)(H,61,71)(H,62,76)(H,63,72)(H,66,67)(H,68,69)(H,77,78). The van der Waals surface area contributed by atoms with Crippen LogP contribution in [0.4, 0.5) is 0 Å². The van der Waals surface area contributed by atoms with E-state index in [0.717, 1.165) is 6.92 Å². The van der Waals surface area contributed by atoms with Crippen molar-refractivity contribution in [3.8, 4) is 0 Å². The number of carboxylic acids is 3. The molecule has 4 rings (SSSR count).